The summed E-state index contributed by atoms with van der Waals surface area (Å²) in [6.07, 6.45) is 0.868. The van der Waals surface area contributed by atoms with Crippen molar-refractivity contribution in [3.8, 4) is 0 Å². The lowest BCUT2D eigenvalue weighted by Crippen LogP contribution is -2.35. The number of nitrogens with one attached hydrogen (secondary N) is 1. The molecule has 0 heterocycles. The zero-order valence-electron chi connectivity index (χ0n) is 10.7. The van der Waals surface area contributed by atoms with Crippen LogP contribution in [-0.4, -0.2) is 30.9 Å². The van der Waals surface area contributed by atoms with Crippen LogP contribution in [0.4, 0.5) is 10.1 Å². The maximum absolute atomic E-state index is 13.5. The summed E-state index contributed by atoms with van der Waals surface area (Å²) < 4.78 is 13.5. The molecule has 4 heteroatoms. The second kappa shape index (κ2) is 5.66. The van der Waals surface area contributed by atoms with E-state index in [1.807, 2.05) is 13.8 Å². The molecule has 1 unspecified atom stereocenters. The molecule has 17 heavy (non-hydrogen) atoms. The van der Waals surface area contributed by atoms with Crippen molar-refractivity contribution < 1.29 is 9.18 Å². The van der Waals surface area contributed by atoms with Gasteiger partial charge in [0.1, 0.15) is 5.82 Å². The van der Waals surface area contributed by atoms with Crippen LogP contribution < -0.4 is 5.32 Å². The fraction of sp³-hybridized carbons (Fsp3) is 0.462. The quantitative estimate of drug-likeness (QED) is 0.874. The normalized spacial score (nSPS) is 12.1. The van der Waals surface area contributed by atoms with E-state index in [-0.39, 0.29) is 17.6 Å². The molecule has 1 N–H and O–H groups in total. The maximum Gasteiger partial charge on any atom is 0.256 e. The number of rotatable bonds is 4. The number of nitrogens with zero attached hydrogens (tertiary/aromatic N) is 1. The summed E-state index contributed by atoms with van der Waals surface area (Å²) in [5.41, 5.74) is 0.628. The number of para-hydroxylation sites is 1. The Kier molecular flexibility index (Phi) is 4.49. The molecule has 1 aromatic rings. The number of hydrogen-bond donors (Lipinski definition) is 1. The molecule has 0 saturated heterocycles. The van der Waals surface area contributed by atoms with Crippen molar-refractivity contribution in [2.24, 2.45) is 0 Å². The fourth-order valence-corrected chi connectivity index (χ4v) is 1.62. The summed E-state index contributed by atoms with van der Waals surface area (Å²) in [6, 6.07) is 4.66. The average molecular weight is 238 g/mol. The lowest BCUT2D eigenvalue weighted by Gasteiger charge is -2.24. The Hall–Kier alpha value is -1.58. The van der Waals surface area contributed by atoms with Gasteiger partial charge in [-0.25, -0.2) is 4.39 Å². The highest BCUT2D eigenvalue weighted by molar-refractivity contribution is 5.99. The molecule has 0 bridgehead atoms. The van der Waals surface area contributed by atoms with Gasteiger partial charge in [-0.1, -0.05) is 13.0 Å². The van der Waals surface area contributed by atoms with E-state index in [4.69, 9.17) is 0 Å². The third kappa shape index (κ3) is 2.75. The number of amides is 1. The summed E-state index contributed by atoms with van der Waals surface area (Å²) >= 11 is 0. The monoisotopic (exact) mass is 238 g/mol. The Morgan fingerprint density at radius 2 is 2.18 bits per heavy atom. The number of benzene rings is 1. The maximum atomic E-state index is 13.5. The van der Waals surface area contributed by atoms with Crippen LogP contribution in [0.2, 0.25) is 0 Å². The summed E-state index contributed by atoms with van der Waals surface area (Å²) in [5, 5.41) is 2.73. The lowest BCUT2D eigenvalue weighted by molar-refractivity contribution is 0.0741. The largest absolute Gasteiger partial charge is 0.385 e. The van der Waals surface area contributed by atoms with Crippen molar-refractivity contribution in [3.63, 3.8) is 0 Å². The van der Waals surface area contributed by atoms with Gasteiger partial charge in [-0.2, -0.15) is 0 Å². The number of carbonyl (C=O) groups is 1. The van der Waals surface area contributed by atoms with Gasteiger partial charge in [0.2, 0.25) is 0 Å². The lowest BCUT2D eigenvalue weighted by atomic mass is 10.1. The van der Waals surface area contributed by atoms with Crippen molar-refractivity contribution in [2.45, 2.75) is 26.3 Å². The smallest absolute Gasteiger partial charge is 0.256 e. The van der Waals surface area contributed by atoms with Crippen LogP contribution in [0.3, 0.4) is 0 Å². The third-order valence-electron chi connectivity index (χ3n) is 3.07. The molecule has 0 aliphatic heterocycles. The zero-order chi connectivity index (χ0) is 13.0. The van der Waals surface area contributed by atoms with Gasteiger partial charge in [0, 0.05) is 20.1 Å². The highest BCUT2D eigenvalue weighted by atomic mass is 19.1. The van der Waals surface area contributed by atoms with Gasteiger partial charge in [-0.3, -0.25) is 4.79 Å². The summed E-state index contributed by atoms with van der Waals surface area (Å²) in [7, 11) is 3.35. The Labute approximate surface area is 102 Å². The Bertz CT molecular complexity index is 406. The average Bonchev–Trinajstić information content (AvgIpc) is 2.35. The number of halogens is 1. The molecule has 0 spiro atoms. The van der Waals surface area contributed by atoms with Crippen molar-refractivity contribution in [3.05, 3.63) is 29.6 Å². The molecule has 1 atom stereocenters. The first kappa shape index (κ1) is 13.5. The van der Waals surface area contributed by atoms with E-state index in [9.17, 15) is 9.18 Å². The number of carbonyl (C=O) groups excluding carboxylic acids is 1. The zero-order valence-corrected chi connectivity index (χ0v) is 10.7. The fourth-order valence-electron chi connectivity index (χ4n) is 1.62. The first-order valence-electron chi connectivity index (χ1n) is 5.76. The molecule has 0 radical (unpaired) electrons. The van der Waals surface area contributed by atoms with E-state index in [1.165, 1.54) is 6.07 Å². The van der Waals surface area contributed by atoms with Gasteiger partial charge in [0.05, 0.1) is 11.3 Å². The first-order chi connectivity index (χ1) is 8.02. The van der Waals surface area contributed by atoms with Crippen molar-refractivity contribution in [1.82, 2.24) is 4.90 Å². The molecule has 0 fully saturated rings. The molecule has 3 nitrogen and oxygen atoms in total. The van der Waals surface area contributed by atoms with Gasteiger partial charge in [-0.15, -0.1) is 0 Å². The summed E-state index contributed by atoms with van der Waals surface area (Å²) in [6.45, 7) is 3.98. The van der Waals surface area contributed by atoms with Crippen LogP contribution in [-0.2, 0) is 0 Å². The van der Waals surface area contributed by atoms with Crippen LogP contribution in [0.25, 0.3) is 0 Å². The highest BCUT2D eigenvalue weighted by Gasteiger charge is 2.20. The molecule has 94 valence electrons. The van der Waals surface area contributed by atoms with E-state index in [0.29, 0.717) is 5.56 Å². The van der Waals surface area contributed by atoms with E-state index in [0.717, 1.165) is 6.42 Å². The van der Waals surface area contributed by atoms with Crippen molar-refractivity contribution in [2.75, 3.05) is 19.4 Å². The number of hydrogen-bond acceptors (Lipinski definition) is 2. The second-order valence-electron chi connectivity index (χ2n) is 4.09. The van der Waals surface area contributed by atoms with E-state index >= 15 is 0 Å². The molecule has 1 amide bonds. The Balaban J connectivity index is 3.08. The first-order valence-corrected chi connectivity index (χ1v) is 5.76. The highest BCUT2D eigenvalue weighted by Crippen LogP contribution is 2.21. The molecular formula is C13H19FN2O. The van der Waals surface area contributed by atoms with E-state index in [2.05, 4.69) is 5.32 Å². The molecule has 1 aromatic carbocycles. The Morgan fingerprint density at radius 3 is 2.71 bits per heavy atom. The van der Waals surface area contributed by atoms with Gasteiger partial charge < -0.3 is 10.2 Å². The van der Waals surface area contributed by atoms with Crippen LogP contribution >= 0.6 is 0 Å². The van der Waals surface area contributed by atoms with Gasteiger partial charge in [-0.05, 0) is 25.5 Å². The molecule has 0 aliphatic carbocycles. The van der Waals surface area contributed by atoms with E-state index < -0.39 is 5.82 Å². The molecule has 0 aliphatic rings. The predicted molar refractivity (Wildman–Crippen MR) is 67.8 cm³/mol. The summed E-state index contributed by atoms with van der Waals surface area (Å²) in [5.74, 6) is -0.570. The van der Waals surface area contributed by atoms with Crippen molar-refractivity contribution >= 4 is 11.6 Å². The minimum absolute atomic E-state index is 0.135. The minimum atomic E-state index is -0.407. The van der Waals surface area contributed by atoms with Crippen LogP contribution in [0.5, 0.6) is 0 Å². The summed E-state index contributed by atoms with van der Waals surface area (Å²) in [4.78, 5) is 13.8. The van der Waals surface area contributed by atoms with Gasteiger partial charge >= 0.3 is 0 Å². The van der Waals surface area contributed by atoms with E-state index in [1.54, 1.807) is 31.1 Å². The second-order valence-corrected chi connectivity index (χ2v) is 4.09. The minimum Gasteiger partial charge on any atom is -0.385 e. The molecular weight excluding hydrogens is 219 g/mol. The van der Waals surface area contributed by atoms with Gasteiger partial charge in [0.25, 0.3) is 5.91 Å². The predicted octanol–water partition coefficient (Wildman–Crippen LogP) is 2.74. The van der Waals surface area contributed by atoms with Crippen LogP contribution in [0.15, 0.2) is 18.2 Å². The topological polar surface area (TPSA) is 32.3 Å². The van der Waals surface area contributed by atoms with Gasteiger partial charge in [0.15, 0.2) is 0 Å². The Morgan fingerprint density at radius 1 is 1.53 bits per heavy atom. The molecule has 1 rings (SSSR count). The number of anilines is 1. The molecule has 0 aromatic heterocycles. The van der Waals surface area contributed by atoms with Crippen molar-refractivity contribution in [1.29, 1.82) is 0 Å². The SMILES string of the molecule is CCC(C)N(C)C(=O)c1cccc(F)c1NC. The van der Waals surface area contributed by atoms with Crippen LogP contribution in [0, 0.1) is 5.82 Å². The third-order valence-corrected chi connectivity index (χ3v) is 3.07. The standard InChI is InChI=1S/C13H19FN2O/c1-5-9(2)16(4)13(17)10-7-6-8-11(14)12(10)15-3/h6-9,15H,5H2,1-4H3. The molecule has 0 saturated carbocycles. The van der Waals surface area contributed by atoms with Crippen LogP contribution in [0.1, 0.15) is 30.6 Å².